The Morgan fingerprint density at radius 1 is 1.35 bits per heavy atom. The molecule has 0 saturated carbocycles. The maximum Gasteiger partial charge on any atom is 0.319 e. The Hall–Kier alpha value is -2.21. The first-order valence-corrected chi connectivity index (χ1v) is 7.73. The highest BCUT2D eigenvalue weighted by atomic mass is 35.5. The molecule has 1 aromatic rings. The molecule has 0 aliphatic carbocycles. The van der Waals surface area contributed by atoms with E-state index in [4.69, 9.17) is 16.3 Å². The number of hydrogen-bond donors (Lipinski definition) is 2. The molecule has 1 heterocycles. The Labute approximate surface area is 140 Å². The van der Waals surface area contributed by atoms with Crippen molar-refractivity contribution in [2.24, 2.45) is 5.92 Å². The monoisotopic (exact) mass is 337 g/mol. The van der Waals surface area contributed by atoms with E-state index in [9.17, 15) is 9.59 Å². The highest BCUT2D eigenvalue weighted by Crippen LogP contribution is 2.32. The molecule has 1 saturated heterocycles. The third kappa shape index (κ3) is 3.76. The van der Waals surface area contributed by atoms with Crippen LogP contribution in [0.15, 0.2) is 35.5 Å². The van der Waals surface area contributed by atoms with Crippen molar-refractivity contribution in [3.05, 3.63) is 41.1 Å². The van der Waals surface area contributed by atoms with Crippen molar-refractivity contribution in [1.82, 2.24) is 10.6 Å². The van der Waals surface area contributed by atoms with Gasteiger partial charge in [-0.3, -0.25) is 4.79 Å². The fraction of sp³-hybridized carbons (Fsp3) is 0.375. The van der Waals surface area contributed by atoms with Gasteiger partial charge < -0.3 is 20.3 Å². The lowest BCUT2D eigenvalue weighted by Gasteiger charge is -2.33. The van der Waals surface area contributed by atoms with E-state index in [2.05, 4.69) is 10.6 Å². The van der Waals surface area contributed by atoms with E-state index in [0.29, 0.717) is 5.70 Å². The molecule has 124 valence electrons. The van der Waals surface area contributed by atoms with Crippen molar-refractivity contribution < 1.29 is 14.3 Å². The van der Waals surface area contributed by atoms with E-state index in [1.807, 2.05) is 43.3 Å². The van der Waals surface area contributed by atoms with Crippen molar-refractivity contribution in [2.75, 3.05) is 25.6 Å². The molecule has 7 heteroatoms. The van der Waals surface area contributed by atoms with Crippen LogP contribution in [0.1, 0.15) is 18.5 Å². The van der Waals surface area contributed by atoms with Crippen LogP contribution in [0, 0.1) is 5.92 Å². The first kappa shape index (κ1) is 17.1. The summed E-state index contributed by atoms with van der Waals surface area (Å²) < 4.78 is 5.12. The zero-order chi connectivity index (χ0) is 17.0. The summed E-state index contributed by atoms with van der Waals surface area (Å²) in [5.41, 5.74) is 3.37. The minimum Gasteiger partial charge on any atom is -0.465 e. The van der Waals surface area contributed by atoms with Gasteiger partial charge in [-0.2, -0.15) is 0 Å². The van der Waals surface area contributed by atoms with Gasteiger partial charge in [0.15, 0.2) is 0 Å². The number of hydrogen-bond acceptors (Lipinski definition) is 4. The summed E-state index contributed by atoms with van der Waals surface area (Å²) in [7, 11) is 3.88. The van der Waals surface area contributed by atoms with Gasteiger partial charge in [0.2, 0.25) is 0 Å². The third-order valence-electron chi connectivity index (χ3n) is 3.64. The van der Waals surface area contributed by atoms with Gasteiger partial charge in [-0.15, -0.1) is 0 Å². The van der Waals surface area contributed by atoms with Crippen molar-refractivity contribution in [3.8, 4) is 0 Å². The summed E-state index contributed by atoms with van der Waals surface area (Å²) in [6, 6.07) is 6.67. The van der Waals surface area contributed by atoms with Crippen LogP contribution < -0.4 is 15.5 Å². The molecule has 2 rings (SSSR count). The lowest BCUT2D eigenvalue weighted by Crippen LogP contribution is -2.51. The Kier molecular flexibility index (Phi) is 5.50. The van der Waals surface area contributed by atoms with Crippen LogP contribution in [-0.4, -0.2) is 32.7 Å². The predicted octanol–water partition coefficient (Wildman–Crippen LogP) is 2.37. The Morgan fingerprint density at radius 2 is 2.00 bits per heavy atom. The molecule has 1 aromatic carbocycles. The summed E-state index contributed by atoms with van der Waals surface area (Å²) in [5, 5.41) is 5.33. The number of nitrogens with one attached hydrogen (secondary N) is 2. The molecule has 0 aromatic heterocycles. The fourth-order valence-corrected chi connectivity index (χ4v) is 2.69. The van der Waals surface area contributed by atoms with Gasteiger partial charge in [-0.05, 0) is 24.6 Å². The van der Waals surface area contributed by atoms with Gasteiger partial charge >= 0.3 is 12.0 Å². The molecule has 0 bridgehead atoms. The molecule has 1 fully saturated rings. The van der Waals surface area contributed by atoms with Crippen LogP contribution in [0.25, 0.3) is 0 Å². The number of carbonyl (C=O) groups is 2. The Balaban J connectivity index is 2.37. The summed E-state index contributed by atoms with van der Waals surface area (Å²) in [6.07, 6.45) is 0. The normalized spacial score (nSPS) is 22.3. The van der Waals surface area contributed by atoms with Gasteiger partial charge in [0.1, 0.15) is 5.92 Å². The van der Waals surface area contributed by atoms with Crippen molar-refractivity contribution in [3.63, 3.8) is 0 Å². The van der Waals surface area contributed by atoms with E-state index >= 15 is 0 Å². The number of anilines is 1. The quantitative estimate of drug-likeness (QED) is 0.827. The van der Waals surface area contributed by atoms with E-state index in [-0.39, 0.29) is 6.61 Å². The van der Waals surface area contributed by atoms with E-state index < -0.39 is 24.0 Å². The molecule has 2 amide bonds. The van der Waals surface area contributed by atoms with E-state index in [1.165, 1.54) is 5.54 Å². The number of carbonyl (C=O) groups excluding carboxylic acids is 2. The number of halogens is 1. The zero-order valence-corrected chi connectivity index (χ0v) is 14.1. The van der Waals surface area contributed by atoms with E-state index in [1.54, 1.807) is 6.92 Å². The largest absolute Gasteiger partial charge is 0.465 e. The molecule has 0 radical (unpaired) electrons. The smallest absolute Gasteiger partial charge is 0.319 e. The SMILES string of the molecule is CCOC(=O)[C@@H]1/C(=C/Cl)NC(=O)N[C@H]1c1ccc(N(C)C)cc1. The predicted molar refractivity (Wildman–Crippen MR) is 89.2 cm³/mol. The van der Waals surface area contributed by atoms with Crippen LogP contribution in [0.3, 0.4) is 0 Å². The average molecular weight is 338 g/mol. The number of rotatable bonds is 4. The van der Waals surface area contributed by atoms with Gasteiger partial charge in [-0.25, -0.2) is 4.79 Å². The second-order valence-electron chi connectivity index (χ2n) is 5.36. The summed E-state index contributed by atoms with van der Waals surface area (Å²) >= 11 is 5.79. The number of benzene rings is 1. The van der Waals surface area contributed by atoms with Crippen LogP contribution in [-0.2, 0) is 9.53 Å². The maximum atomic E-state index is 12.3. The third-order valence-corrected chi connectivity index (χ3v) is 3.87. The van der Waals surface area contributed by atoms with Gasteiger partial charge in [-0.1, -0.05) is 23.7 Å². The number of urea groups is 1. The minimum atomic E-state index is -0.713. The van der Waals surface area contributed by atoms with Gasteiger partial charge in [0.05, 0.1) is 12.6 Å². The Bertz CT molecular complexity index is 614. The minimum absolute atomic E-state index is 0.255. The summed E-state index contributed by atoms with van der Waals surface area (Å²) in [4.78, 5) is 26.1. The Morgan fingerprint density at radius 3 is 2.52 bits per heavy atom. The molecule has 23 heavy (non-hydrogen) atoms. The number of esters is 1. The van der Waals surface area contributed by atoms with Crippen LogP contribution in [0.2, 0.25) is 0 Å². The molecule has 2 N–H and O–H groups in total. The molecular weight excluding hydrogens is 318 g/mol. The standard InChI is InChI=1S/C16H20ClN3O3/c1-4-23-15(21)13-12(9-17)18-16(22)19-14(13)10-5-7-11(8-6-10)20(2)3/h5-9,13-14H,4H2,1-3H3,(H2,18,19,22)/b12-9-/t13-,14+/m1/s1. The molecule has 1 aliphatic rings. The lowest BCUT2D eigenvalue weighted by molar-refractivity contribution is -0.147. The molecular formula is C16H20ClN3O3. The topological polar surface area (TPSA) is 70.7 Å². The highest BCUT2D eigenvalue weighted by Gasteiger charge is 2.39. The van der Waals surface area contributed by atoms with Gasteiger partial charge in [0.25, 0.3) is 0 Å². The molecule has 1 aliphatic heterocycles. The average Bonchev–Trinajstić information content (AvgIpc) is 2.54. The summed E-state index contributed by atoms with van der Waals surface area (Å²) in [6.45, 7) is 1.99. The van der Waals surface area contributed by atoms with Crippen LogP contribution in [0.4, 0.5) is 10.5 Å². The van der Waals surface area contributed by atoms with Crippen LogP contribution in [0.5, 0.6) is 0 Å². The second kappa shape index (κ2) is 7.37. The first-order chi connectivity index (χ1) is 11.0. The second-order valence-corrected chi connectivity index (χ2v) is 5.57. The first-order valence-electron chi connectivity index (χ1n) is 7.29. The fourth-order valence-electron chi connectivity index (χ4n) is 2.49. The summed E-state index contributed by atoms with van der Waals surface area (Å²) in [5.74, 6) is -1.15. The maximum absolute atomic E-state index is 12.3. The number of ether oxygens (including phenoxy) is 1. The van der Waals surface area contributed by atoms with Crippen molar-refractivity contribution in [1.29, 1.82) is 0 Å². The van der Waals surface area contributed by atoms with Gasteiger partial charge in [0, 0.05) is 31.0 Å². The molecule has 0 unspecified atom stereocenters. The molecule has 0 spiro atoms. The zero-order valence-electron chi connectivity index (χ0n) is 13.3. The molecule has 6 nitrogen and oxygen atoms in total. The number of amides is 2. The van der Waals surface area contributed by atoms with Crippen molar-refractivity contribution >= 4 is 29.3 Å². The van der Waals surface area contributed by atoms with Crippen LogP contribution >= 0.6 is 11.6 Å². The number of nitrogens with zero attached hydrogens (tertiary/aromatic N) is 1. The highest BCUT2D eigenvalue weighted by molar-refractivity contribution is 6.26. The molecule has 2 atom stereocenters. The lowest BCUT2D eigenvalue weighted by atomic mass is 9.89. The van der Waals surface area contributed by atoms with E-state index in [0.717, 1.165) is 11.3 Å². The van der Waals surface area contributed by atoms with Crippen molar-refractivity contribution in [2.45, 2.75) is 13.0 Å².